The van der Waals surface area contributed by atoms with E-state index in [9.17, 15) is 29.4 Å². The summed E-state index contributed by atoms with van der Waals surface area (Å²) < 4.78 is 23.6. The highest BCUT2D eigenvalue weighted by molar-refractivity contribution is 6.02. The molecular formula is C31H38O10. The van der Waals surface area contributed by atoms with Crippen LogP contribution in [0.25, 0.3) is 0 Å². The molecule has 3 fully saturated rings. The number of Topliss-reactive ketones (excluding diaryl/α,β-unsaturated/α-hetero) is 1. The highest BCUT2D eigenvalue weighted by Gasteiger charge is 2.77. The smallest absolute Gasteiger partial charge is 0.338 e. The average Bonchev–Trinajstić information content (AvgIpc) is 2.89. The molecule has 8 atom stereocenters. The fraction of sp³-hybridized carbons (Fsp3) is 0.613. The van der Waals surface area contributed by atoms with E-state index in [1.165, 1.54) is 20.8 Å². The molecule has 1 aliphatic heterocycles. The van der Waals surface area contributed by atoms with Gasteiger partial charge in [0, 0.05) is 25.7 Å². The number of fused-ring (bicyclic) bond motifs is 5. The maximum atomic E-state index is 14.7. The third-order valence-electron chi connectivity index (χ3n) is 10.1. The summed E-state index contributed by atoms with van der Waals surface area (Å²) in [5, 5.41) is 24.5. The van der Waals surface area contributed by atoms with Crippen LogP contribution in [-0.4, -0.2) is 70.0 Å². The van der Waals surface area contributed by atoms with E-state index in [1.54, 1.807) is 44.2 Å². The van der Waals surface area contributed by atoms with E-state index in [2.05, 4.69) is 0 Å². The van der Waals surface area contributed by atoms with Crippen molar-refractivity contribution in [3.63, 3.8) is 0 Å². The molecule has 5 rings (SSSR count). The largest absolute Gasteiger partial charge is 0.455 e. The minimum atomic E-state index is -1.83. The normalized spacial score (nSPS) is 41.0. The number of hydrogen-bond donors (Lipinski definition) is 2. The molecule has 3 aliphatic carbocycles. The van der Waals surface area contributed by atoms with Crippen molar-refractivity contribution in [1.82, 2.24) is 0 Å². The van der Waals surface area contributed by atoms with E-state index >= 15 is 0 Å². The number of carbonyl (C=O) groups is 4. The molecule has 41 heavy (non-hydrogen) atoms. The monoisotopic (exact) mass is 570 g/mol. The van der Waals surface area contributed by atoms with Gasteiger partial charge in [-0.05, 0) is 43.4 Å². The van der Waals surface area contributed by atoms with Crippen molar-refractivity contribution in [1.29, 1.82) is 0 Å². The van der Waals surface area contributed by atoms with Crippen LogP contribution in [0.1, 0.15) is 71.2 Å². The van der Waals surface area contributed by atoms with Crippen molar-refractivity contribution in [2.24, 2.45) is 22.7 Å². The minimum Gasteiger partial charge on any atom is -0.455 e. The second-order valence-electron chi connectivity index (χ2n) is 12.7. The summed E-state index contributed by atoms with van der Waals surface area (Å²) >= 11 is 0. The number of benzene rings is 1. The van der Waals surface area contributed by atoms with Gasteiger partial charge in [0.15, 0.2) is 11.4 Å². The summed E-state index contributed by atoms with van der Waals surface area (Å²) in [5.74, 6) is -4.57. The molecule has 8 unspecified atom stereocenters. The lowest BCUT2D eigenvalue weighted by atomic mass is 9.45. The molecule has 2 bridgehead atoms. The van der Waals surface area contributed by atoms with Gasteiger partial charge in [-0.2, -0.15) is 0 Å². The molecule has 4 aliphatic rings. The van der Waals surface area contributed by atoms with Crippen LogP contribution in [0, 0.1) is 22.7 Å². The highest BCUT2D eigenvalue weighted by atomic mass is 16.6. The molecule has 0 radical (unpaired) electrons. The van der Waals surface area contributed by atoms with E-state index in [1.807, 2.05) is 6.92 Å². The van der Waals surface area contributed by atoms with Gasteiger partial charge >= 0.3 is 17.9 Å². The zero-order valence-corrected chi connectivity index (χ0v) is 24.3. The first-order valence-electron chi connectivity index (χ1n) is 14.1. The Morgan fingerprint density at radius 3 is 2.27 bits per heavy atom. The number of aliphatic hydroxyl groups excluding tert-OH is 1. The summed E-state index contributed by atoms with van der Waals surface area (Å²) in [6, 6.07) is 8.25. The van der Waals surface area contributed by atoms with E-state index in [-0.39, 0.29) is 36.7 Å². The van der Waals surface area contributed by atoms with Crippen LogP contribution in [0.4, 0.5) is 0 Å². The van der Waals surface area contributed by atoms with Gasteiger partial charge < -0.3 is 29.2 Å². The Morgan fingerprint density at radius 2 is 1.71 bits per heavy atom. The molecular weight excluding hydrogens is 532 g/mol. The number of rotatable bonds is 4. The first-order valence-corrected chi connectivity index (χ1v) is 14.1. The fourth-order valence-corrected chi connectivity index (χ4v) is 7.93. The van der Waals surface area contributed by atoms with Crippen molar-refractivity contribution in [2.45, 2.75) is 90.3 Å². The summed E-state index contributed by atoms with van der Waals surface area (Å²) in [4.78, 5) is 53.3. The van der Waals surface area contributed by atoms with Crippen molar-refractivity contribution in [3.05, 3.63) is 47.2 Å². The van der Waals surface area contributed by atoms with Crippen LogP contribution in [0.5, 0.6) is 0 Å². The number of hydrogen-bond acceptors (Lipinski definition) is 10. The Bertz CT molecular complexity index is 1320. The van der Waals surface area contributed by atoms with Gasteiger partial charge in [-0.25, -0.2) is 4.79 Å². The van der Waals surface area contributed by atoms with Gasteiger partial charge in [0.25, 0.3) is 0 Å². The molecule has 2 N–H and O–H groups in total. The zero-order valence-electron chi connectivity index (χ0n) is 24.3. The molecule has 1 aromatic carbocycles. The van der Waals surface area contributed by atoms with Crippen LogP contribution in [0.2, 0.25) is 0 Å². The molecule has 2 saturated carbocycles. The topological polar surface area (TPSA) is 146 Å². The van der Waals surface area contributed by atoms with Crippen LogP contribution >= 0.6 is 0 Å². The van der Waals surface area contributed by atoms with Crippen LogP contribution < -0.4 is 0 Å². The van der Waals surface area contributed by atoms with Gasteiger partial charge in [-0.3, -0.25) is 14.4 Å². The zero-order chi connectivity index (χ0) is 30.1. The number of ketones is 1. The molecule has 10 heteroatoms. The summed E-state index contributed by atoms with van der Waals surface area (Å²) in [6.07, 6.45) is -3.15. The quantitative estimate of drug-likeness (QED) is 0.409. The Hall–Kier alpha value is -3.08. The summed E-state index contributed by atoms with van der Waals surface area (Å²) in [7, 11) is 0. The lowest BCUT2D eigenvalue weighted by Crippen LogP contribution is -2.80. The third kappa shape index (κ3) is 4.09. The Balaban J connectivity index is 1.84. The molecule has 1 saturated heterocycles. The van der Waals surface area contributed by atoms with E-state index < -0.39 is 70.0 Å². The van der Waals surface area contributed by atoms with Crippen LogP contribution in [-0.2, 0) is 33.3 Å². The number of esters is 3. The average molecular weight is 571 g/mol. The van der Waals surface area contributed by atoms with Gasteiger partial charge in [0.2, 0.25) is 5.78 Å². The standard InChI is InChI=1S/C31H38O10/c1-16-12-13-31(37)26(40-27(36)19-10-8-7-9-11-19)24-29(6,20(34)14-21-30(24,15-38-21)41-18(3)33)25(35)23(39-17(2)32)22(16)28(31,4)5/h7-11,16,20-21,24,26,34,37H,12-15H2,1-6H3/b23-22+. The maximum absolute atomic E-state index is 14.7. The van der Waals surface area contributed by atoms with Gasteiger partial charge in [0.1, 0.15) is 17.8 Å². The van der Waals surface area contributed by atoms with Crippen molar-refractivity contribution in [2.75, 3.05) is 6.61 Å². The Kier molecular flexibility index (Phi) is 6.99. The van der Waals surface area contributed by atoms with E-state index in [0.29, 0.717) is 12.0 Å². The number of aliphatic hydroxyl groups is 2. The summed E-state index contributed by atoms with van der Waals surface area (Å²) in [5.41, 5.74) is -5.77. The number of allylic oxidation sites excluding steroid dienone is 1. The Labute approximate surface area is 239 Å². The molecule has 1 aromatic rings. The van der Waals surface area contributed by atoms with Crippen molar-refractivity contribution < 1.29 is 48.3 Å². The van der Waals surface area contributed by atoms with Crippen LogP contribution in [0.15, 0.2) is 41.7 Å². The van der Waals surface area contributed by atoms with Gasteiger partial charge in [0.05, 0.1) is 29.6 Å². The Morgan fingerprint density at radius 1 is 1.05 bits per heavy atom. The third-order valence-corrected chi connectivity index (χ3v) is 10.1. The molecule has 0 spiro atoms. The molecule has 1 heterocycles. The van der Waals surface area contributed by atoms with Gasteiger partial charge in [-0.15, -0.1) is 0 Å². The molecule has 10 nitrogen and oxygen atoms in total. The molecule has 0 aromatic heterocycles. The first kappa shape index (κ1) is 29.4. The highest BCUT2D eigenvalue weighted by Crippen LogP contribution is 2.64. The van der Waals surface area contributed by atoms with Crippen molar-refractivity contribution >= 4 is 23.7 Å². The predicted octanol–water partition coefficient (Wildman–Crippen LogP) is 2.89. The van der Waals surface area contributed by atoms with Crippen molar-refractivity contribution in [3.8, 4) is 0 Å². The summed E-state index contributed by atoms with van der Waals surface area (Å²) in [6.45, 7) is 9.12. The predicted molar refractivity (Wildman–Crippen MR) is 143 cm³/mol. The number of carbonyl (C=O) groups excluding carboxylic acids is 4. The lowest BCUT2D eigenvalue weighted by Gasteiger charge is -2.66. The number of ether oxygens (including phenoxy) is 4. The van der Waals surface area contributed by atoms with E-state index in [0.717, 1.165) is 0 Å². The van der Waals surface area contributed by atoms with Crippen LogP contribution in [0.3, 0.4) is 0 Å². The fourth-order valence-electron chi connectivity index (χ4n) is 7.93. The minimum absolute atomic E-state index is 0.0641. The van der Waals surface area contributed by atoms with E-state index in [4.69, 9.17) is 18.9 Å². The second kappa shape index (κ2) is 9.74. The lowest BCUT2D eigenvalue weighted by molar-refractivity contribution is -0.344. The molecule has 222 valence electrons. The molecule has 0 amide bonds. The SMILES string of the molecule is CC(=O)O/C1=C2\C(C)CCC(O)(C(OC(=O)c3ccccc3)C3C4(OC(C)=O)COC4CC(O)C3(C)C1=O)C2(C)C. The van der Waals surface area contributed by atoms with Gasteiger partial charge in [-0.1, -0.05) is 39.0 Å². The first-order chi connectivity index (χ1) is 19.1. The maximum Gasteiger partial charge on any atom is 0.338 e. The second-order valence-corrected chi connectivity index (χ2v) is 12.7.